The molecule has 2 aromatic heterocycles. The van der Waals surface area contributed by atoms with Crippen molar-refractivity contribution in [2.24, 2.45) is 0 Å². The molecule has 172 valence electrons. The first-order valence-electron chi connectivity index (χ1n) is 10.3. The molecule has 0 saturated carbocycles. The molecule has 3 heterocycles. The second kappa shape index (κ2) is 9.75. The van der Waals surface area contributed by atoms with E-state index in [0.29, 0.717) is 40.9 Å². The van der Waals surface area contributed by atoms with Crippen LogP contribution in [0.25, 0.3) is 0 Å². The van der Waals surface area contributed by atoms with E-state index in [4.69, 9.17) is 4.42 Å². The molecule has 0 atom stereocenters. The second-order valence-corrected chi connectivity index (χ2v) is 9.92. The number of carbonyl (C=O) groups excluding carboxylic acids is 2. The number of amides is 2. The number of benzene rings is 1. The number of hydrogen-bond acceptors (Lipinski definition) is 8. The third-order valence-electron chi connectivity index (χ3n) is 5.38. The number of carbonyl (C=O) groups is 2. The predicted molar refractivity (Wildman–Crippen MR) is 124 cm³/mol. The van der Waals surface area contributed by atoms with Crippen molar-refractivity contribution in [1.82, 2.24) is 15.2 Å². The van der Waals surface area contributed by atoms with Gasteiger partial charge in [0.25, 0.3) is 17.5 Å². The molecule has 0 spiro atoms. The van der Waals surface area contributed by atoms with Gasteiger partial charge >= 0.3 is 0 Å². The van der Waals surface area contributed by atoms with E-state index >= 15 is 0 Å². The molecule has 0 bridgehead atoms. The summed E-state index contributed by atoms with van der Waals surface area (Å²) >= 11 is 2.64. The fourth-order valence-electron chi connectivity index (χ4n) is 3.62. The van der Waals surface area contributed by atoms with E-state index in [1.807, 2.05) is 12.3 Å². The van der Waals surface area contributed by atoms with E-state index < -0.39 is 4.92 Å². The van der Waals surface area contributed by atoms with Crippen LogP contribution in [-0.2, 0) is 0 Å². The first-order valence-corrected chi connectivity index (χ1v) is 12.0. The normalized spacial score (nSPS) is 14.3. The van der Waals surface area contributed by atoms with Crippen LogP contribution in [0.4, 0.5) is 5.69 Å². The van der Waals surface area contributed by atoms with Crippen molar-refractivity contribution in [3.05, 3.63) is 68.6 Å². The highest BCUT2D eigenvalue weighted by atomic mass is 32.2. The van der Waals surface area contributed by atoms with Gasteiger partial charge in [0.2, 0.25) is 0 Å². The molecule has 3 aromatic rings. The molecule has 0 unspecified atom stereocenters. The van der Waals surface area contributed by atoms with E-state index in [1.54, 1.807) is 30.0 Å². The summed E-state index contributed by atoms with van der Waals surface area (Å²) in [6.07, 6.45) is 2.67. The highest BCUT2D eigenvalue weighted by Crippen LogP contribution is 2.37. The Bertz CT molecular complexity index is 1200. The van der Waals surface area contributed by atoms with Gasteiger partial charge in [0, 0.05) is 47.4 Å². The predicted octanol–water partition coefficient (Wildman–Crippen LogP) is 4.45. The van der Waals surface area contributed by atoms with Crippen LogP contribution in [0.2, 0.25) is 0 Å². The summed E-state index contributed by atoms with van der Waals surface area (Å²) in [5.41, 5.74) is 1.79. The largest absolute Gasteiger partial charge is 0.459 e. The third-order valence-corrected chi connectivity index (χ3v) is 7.51. The van der Waals surface area contributed by atoms with E-state index in [0.717, 1.165) is 11.3 Å². The van der Waals surface area contributed by atoms with Crippen LogP contribution in [0.5, 0.6) is 0 Å². The maximum absolute atomic E-state index is 13.0. The number of likely N-dealkylation sites (tertiary alicyclic amines) is 1. The number of piperidine rings is 1. The van der Waals surface area contributed by atoms with Crippen LogP contribution in [-0.4, -0.2) is 45.8 Å². The third kappa shape index (κ3) is 5.25. The molecule has 1 aliphatic heterocycles. The average Bonchev–Trinajstić information content (AvgIpc) is 3.41. The summed E-state index contributed by atoms with van der Waals surface area (Å²) in [6, 6.07) is 6.22. The zero-order valence-electron chi connectivity index (χ0n) is 18.1. The van der Waals surface area contributed by atoms with Gasteiger partial charge in [-0.3, -0.25) is 19.7 Å². The number of aromatic nitrogens is 1. The molecule has 9 nitrogen and oxygen atoms in total. The highest BCUT2D eigenvalue weighted by molar-refractivity contribution is 8.01. The minimum absolute atomic E-state index is 0.0686. The number of thiazole rings is 1. The van der Waals surface area contributed by atoms with Crippen molar-refractivity contribution < 1.29 is 18.9 Å². The minimum atomic E-state index is -0.474. The molecule has 0 radical (unpaired) electrons. The zero-order chi connectivity index (χ0) is 23.5. The number of hydrogen-bond donors (Lipinski definition) is 1. The molecular formula is C22H22N4O5S2. The second-order valence-electron chi connectivity index (χ2n) is 7.77. The zero-order valence-corrected chi connectivity index (χ0v) is 19.7. The van der Waals surface area contributed by atoms with Crippen molar-refractivity contribution >= 4 is 40.6 Å². The molecule has 1 aliphatic rings. The minimum Gasteiger partial charge on any atom is -0.459 e. The smallest absolute Gasteiger partial charge is 0.287 e. The van der Waals surface area contributed by atoms with Crippen molar-refractivity contribution in [2.75, 3.05) is 13.1 Å². The van der Waals surface area contributed by atoms with Gasteiger partial charge in [-0.1, -0.05) is 11.8 Å². The Labute approximate surface area is 198 Å². The van der Waals surface area contributed by atoms with Gasteiger partial charge in [-0.05, 0) is 44.9 Å². The lowest BCUT2D eigenvalue weighted by molar-refractivity contribution is -0.387. The molecule has 2 amide bonds. The first-order chi connectivity index (χ1) is 15.8. The number of rotatable bonds is 6. The van der Waals surface area contributed by atoms with E-state index in [-0.39, 0.29) is 29.1 Å². The number of nitrogens with one attached hydrogen (secondary N) is 1. The van der Waals surface area contributed by atoms with E-state index in [9.17, 15) is 19.7 Å². The molecule has 1 N–H and O–H groups in total. The lowest BCUT2D eigenvalue weighted by atomic mass is 10.0. The number of nitro benzene ring substituents is 1. The van der Waals surface area contributed by atoms with Crippen molar-refractivity contribution in [2.45, 2.75) is 42.0 Å². The monoisotopic (exact) mass is 486 g/mol. The van der Waals surface area contributed by atoms with Crippen LogP contribution in [0.1, 0.15) is 45.0 Å². The maximum atomic E-state index is 13.0. The molecule has 1 aromatic carbocycles. The summed E-state index contributed by atoms with van der Waals surface area (Å²) < 4.78 is 5.94. The first kappa shape index (κ1) is 23.0. The number of nitrogens with zero attached hydrogens (tertiary/aromatic N) is 3. The Morgan fingerprint density at radius 2 is 2.03 bits per heavy atom. The Balaban J connectivity index is 1.40. The molecule has 0 aliphatic carbocycles. The fraction of sp³-hybridized carbons (Fsp3) is 0.318. The van der Waals surface area contributed by atoms with Crippen LogP contribution in [0.15, 0.2) is 49.6 Å². The summed E-state index contributed by atoms with van der Waals surface area (Å²) in [5, 5.41) is 16.5. The van der Waals surface area contributed by atoms with Gasteiger partial charge in [0.05, 0.1) is 16.1 Å². The van der Waals surface area contributed by atoms with E-state index in [1.165, 1.54) is 35.4 Å². The maximum Gasteiger partial charge on any atom is 0.287 e. The fourth-order valence-corrected chi connectivity index (χ4v) is 5.50. The standard InChI is InChI=1S/C22H22N4O5S2/c1-13-7-10-31-19(13)20(27)24-16-5-8-25(9-6-16)21(28)15-3-4-18(17(11-15)26(29)30)33-22-23-14(2)12-32-22/h3-4,7,10-12,16H,5-6,8-9H2,1-2H3,(H,24,27). The van der Waals surface area contributed by atoms with Crippen LogP contribution in [0, 0.1) is 24.0 Å². The summed E-state index contributed by atoms with van der Waals surface area (Å²) in [4.78, 5) is 42.9. The quantitative estimate of drug-likeness (QED) is 0.404. The Morgan fingerprint density at radius 1 is 1.27 bits per heavy atom. The Kier molecular flexibility index (Phi) is 6.80. The Hall–Kier alpha value is -3.18. The lowest BCUT2D eigenvalue weighted by Gasteiger charge is -2.32. The summed E-state index contributed by atoms with van der Waals surface area (Å²) in [7, 11) is 0. The van der Waals surface area contributed by atoms with Gasteiger partial charge in [-0.2, -0.15) is 0 Å². The molecular weight excluding hydrogens is 464 g/mol. The Morgan fingerprint density at radius 3 is 2.64 bits per heavy atom. The average molecular weight is 487 g/mol. The molecule has 33 heavy (non-hydrogen) atoms. The molecule has 11 heteroatoms. The van der Waals surface area contributed by atoms with Gasteiger partial charge in [-0.25, -0.2) is 4.98 Å². The highest BCUT2D eigenvalue weighted by Gasteiger charge is 2.27. The van der Waals surface area contributed by atoms with Gasteiger partial charge in [0.1, 0.15) is 0 Å². The molecule has 1 saturated heterocycles. The SMILES string of the molecule is Cc1csc(Sc2ccc(C(=O)N3CCC(NC(=O)c4occc4C)CC3)cc2[N+](=O)[O-])n1. The summed E-state index contributed by atoms with van der Waals surface area (Å²) in [5.74, 6) is -0.223. The molecule has 1 fully saturated rings. The van der Waals surface area contributed by atoms with Crippen molar-refractivity contribution in [3.8, 4) is 0 Å². The van der Waals surface area contributed by atoms with Crippen molar-refractivity contribution in [3.63, 3.8) is 0 Å². The van der Waals surface area contributed by atoms with Crippen molar-refractivity contribution in [1.29, 1.82) is 0 Å². The van der Waals surface area contributed by atoms with E-state index in [2.05, 4.69) is 10.3 Å². The van der Waals surface area contributed by atoms with Crippen LogP contribution >= 0.6 is 23.1 Å². The van der Waals surface area contributed by atoms with Crippen LogP contribution < -0.4 is 5.32 Å². The topological polar surface area (TPSA) is 119 Å². The van der Waals surface area contributed by atoms with Crippen LogP contribution in [0.3, 0.4) is 0 Å². The van der Waals surface area contributed by atoms with Gasteiger partial charge < -0.3 is 14.6 Å². The van der Waals surface area contributed by atoms with Gasteiger partial charge in [-0.15, -0.1) is 11.3 Å². The summed E-state index contributed by atoms with van der Waals surface area (Å²) in [6.45, 7) is 4.57. The molecule has 4 rings (SSSR count). The lowest BCUT2D eigenvalue weighted by Crippen LogP contribution is -2.46. The number of furan rings is 1. The number of nitro groups is 1. The van der Waals surface area contributed by atoms with Gasteiger partial charge in [0.15, 0.2) is 10.1 Å². The number of aryl methyl sites for hydroxylation is 2.